The third kappa shape index (κ3) is 2.91. The van der Waals surface area contributed by atoms with E-state index in [1.807, 2.05) is 12.1 Å². The number of benzene rings is 1. The molecule has 2 atom stereocenters. The Hall–Kier alpha value is -1.35. The molecule has 18 heavy (non-hydrogen) atoms. The van der Waals surface area contributed by atoms with E-state index in [4.69, 9.17) is 0 Å². The molecule has 1 aliphatic heterocycles. The van der Waals surface area contributed by atoms with Gasteiger partial charge in [-0.05, 0) is 43.9 Å². The first-order valence-corrected chi connectivity index (χ1v) is 6.63. The van der Waals surface area contributed by atoms with Gasteiger partial charge in [0.1, 0.15) is 0 Å². The summed E-state index contributed by atoms with van der Waals surface area (Å²) in [7, 11) is 0. The van der Waals surface area contributed by atoms with E-state index in [1.165, 1.54) is 12.8 Å². The maximum Gasteiger partial charge on any atom is 0.336 e. The number of hydrogen-bond donors (Lipinski definition) is 1. The van der Waals surface area contributed by atoms with Crippen molar-refractivity contribution in [1.29, 1.82) is 0 Å². The minimum absolute atomic E-state index is 0.434. The number of aromatic carboxylic acids is 1. The molecule has 1 heterocycles. The topological polar surface area (TPSA) is 40.5 Å². The Kier molecular flexibility index (Phi) is 4.02. The number of piperidine rings is 1. The van der Waals surface area contributed by atoms with Crippen LogP contribution in [0.15, 0.2) is 24.3 Å². The fraction of sp³-hybridized carbons (Fsp3) is 0.533. The van der Waals surface area contributed by atoms with Crippen molar-refractivity contribution in [1.82, 2.24) is 4.90 Å². The minimum atomic E-state index is -0.830. The second-order valence-electron chi connectivity index (χ2n) is 5.41. The number of carboxylic acid groups (broad SMARTS) is 1. The first-order valence-electron chi connectivity index (χ1n) is 6.63. The second-order valence-corrected chi connectivity index (χ2v) is 5.41. The van der Waals surface area contributed by atoms with Crippen molar-refractivity contribution in [3.8, 4) is 0 Å². The van der Waals surface area contributed by atoms with Crippen LogP contribution < -0.4 is 0 Å². The van der Waals surface area contributed by atoms with Crippen LogP contribution in [0.3, 0.4) is 0 Å². The summed E-state index contributed by atoms with van der Waals surface area (Å²) in [6.07, 6.45) is 2.41. The van der Waals surface area contributed by atoms with Gasteiger partial charge in [0.05, 0.1) is 5.56 Å². The van der Waals surface area contributed by atoms with Crippen LogP contribution in [0.2, 0.25) is 0 Å². The summed E-state index contributed by atoms with van der Waals surface area (Å²) < 4.78 is 0. The third-order valence-corrected chi connectivity index (χ3v) is 3.90. The number of carboxylic acids is 1. The Morgan fingerprint density at radius 2 is 2.11 bits per heavy atom. The van der Waals surface area contributed by atoms with Crippen molar-refractivity contribution >= 4 is 5.97 Å². The highest BCUT2D eigenvalue weighted by Gasteiger charge is 2.23. The predicted molar refractivity (Wildman–Crippen MR) is 71.7 cm³/mol. The Labute approximate surface area is 108 Å². The van der Waals surface area contributed by atoms with Gasteiger partial charge in [-0.15, -0.1) is 0 Å². The van der Waals surface area contributed by atoms with Gasteiger partial charge in [-0.3, -0.25) is 4.90 Å². The Balaban J connectivity index is 2.12. The van der Waals surface area contributed by atoms with E-state index in [0.29, 0.717) is 11.6 Å². The molecule has 0 radical (unpaired) electrons. The maximum absolute atomic E-state index is 11.2. The predicted octanol–water partition coefficient (Wildman–Crippen LogP) is 3.01. The van der Waals surface area contributed by atoms with Crippen molar-refractivity contribution < 1.29 is 9.90 Å². The molecule has 1 fully saturated rings. The fourth-order valence-electron chi connectivity index (χ4n) is 2.78. The standard InChI is InChI=1S/C15H21NO2/c1-11-7-8-16(12(2)9-11)10-13-5-3-4-6-14(13)15(17)18/h3-6,11-12H,7-10H2,1-2H3,(H,17,18). The largest absolute Gasteiger partial charge is 0.478 e. The lowest BCUT2D eigenvalue weighted by molar-refractivity contribution is 0.0691. The van der Waals surface area contributed by atoms with Gasteiger partial charge in [0.15, 0.2) is 0 Å². The monoisotopic (exact) mass is 247 g/mol. The Morgan fingerprint density at radius 1 is 1.39 bits per heavy atom. The van der Waals surface area contributed by atoms with E-state index in [9.17, 15) is 9.90 Å². The molecule has 0 spiro atoms. The highest BCUT2D eigenvalue weighted by molar-refractivity contribution is 5.89. The van der Waals surface area contributed by atoms with Gasteiger partial charge in [0, 0.05) is 12.6 Å². The maximum atomic E-state index is 11.2. The molecule has 1 aliphatic rings. The van der Waals surface area contributed by atoms with Crippen LogP contribution in [0.1, 0.15) is 42.6 Å². The fourth-order valence-corrected chi connectivity index (χ4v) is 2.78. The lowest BCUT2D eigenvalue weighted by atomic mass is 9.92. The average Bonchev–Trinajstić information content (AvgIpc) is 2.33. The molecular weight excluding hydrogens is 226 g/mol. The zero-order valence-corrected chi connectivity index (χ0v) is 11.1. The van der Waals surface area contributed by atoms with E-state index >= 15 is 0 Å². The van der Waals surface area contributed by atoms with Crippen molar-refractivity contribution in [2.45, 2.75) is 39.3 Å². The second kappa shape index (κ2) is 5.53. The lowest BCUT2D eigenvalue weighted by Crippen LogP contribution is -2.39. The zero-order valence-electron chi connectivity index (χ0n) is 11.1. The van der Waals surface area contributed by atoms with E-state index in [1.54, 1.807) is 12.1 Å². The summed E-state index contributed by atoms with van der Waals surface area (Å²) >= 11 is 0. The highest BCUT2D eigenvalue weighted by atomic mass is 16.4. The summed E-state index contributed by atoms with van der Waals surface area (Å²) in [6.45, 7) is 6.34. The Bertz CT molecular complexity index is 430. The van der Waals surface area contributed by atoms with Gasteiger partial charge in [-0.25, -0.2) is 4.79 Å². The molecule has 0 aliphatic carbocycles. The quantitative estimate of drug-likeness (QED) is 0.892. The molecule has 2 rings (SSSR count). The van der Waals surface area contributed by atoms with Crippen LogP contribution in [-0.4, -0.2) is 28.6 Å². The smallest absolute Gasteiger partial charge is 0.336 e. The first-order chi connectivity index (χ1) is 8.58. The number of nitrogens with zero attached hydrogens (tertiary/aromatic N) is 1. The highest BCUT2D eigenvalue weighted by Crippen LogP contribution is 2.24. The van der Waals surface area contributed by atoms with Crippen LogP contribution in [0.4, 0.5) is 0 Å². The van der Waals surface area contributed by atoms with Crippen LogP contribution >= 0.6 is 0 Å². The molecule has 1 aromatic carbocycles. The van der Waals surface area contributed by atoms with Gasteiger partial charge >= 0.3 is 5.97 Å². The number of carbonyl (C=O) groups is 1. The molecule has 1 N–H and O–H groups in total. The van der Waals surface area contributed by atoms with Gasteiger partial charge in [-0.2, -0.15) is 0 Å². The molecule has 2 unspecified atom stereocenters. The molecule has 0 aromatic heterocycles. The molecule has 1 aromatic rings. The zero-order chi connectivity index (χ0) is 13.1. The van der Waals surface area contributed by atoms with Gasteiger partial charge in [0.25, 0.3) is 0 Å². The van der Waals surface area contributed by atoms with Crippen LogP contribution in [0.25, 0.3) is 0 Å². The molecule has 0 amide bonds. The number of likely N-dealkylation sites (tertiary alicyclic amines) is 1. The van der Waals surface area contributed by atoms with Crippen molar-refractivity contribution in [3.63, 3.8) is 0 Å². The summed E-state index contributed by atoms with van der Waals surface area (Å²) in [5.74, 6) is -0.0467. The van der Waals surface area contributed by atoms with Gasteiger partial charge < -0.3 is 5.11 Å². The Morgan fingerprint density at radius 3 is 2.78 bits per heavy atom. The van der Waals surface area contributed by atoms with Gasteiger partial charge in [0.2, 0.25) is 0 Å². The SMILES string of the molecule is CC1CCN(Cc2ccccc2C(=O)O)C(C)C1. The van der Waals surface area contributed by atoms with Crippen LogP contribution in [0, 0.1) is 5.92 Å². The normalized spacial score (nSPS) is 25.0. The molecule has 3 nitrogen and oxygen atoms in total. The number of hydrogen-bond acceptors (Lipinski definition) is 2. The number of rotatable bonds is 3. The van der Waals surface area contributed by atoms with Crippen LogP contribution in [-0.2, 0) is 6.54 Å². The first kappa shape index (κ1) is 13.1. The van der Waals surface area contributed by atoms with Gasteiger partial charge in [-0.1, -0.05) is 25.1 Å². The van der Waals surface area contributed by atoms with E-state index in [-0.39, 0.29) is 0 Å². The van der Waals surface area contributed by atoms with E-state index < -0.39 is 5.97 Å². The summed E-state index contributed by atoms with van der Waals surface area (Å²) in [5, 5.41) is 9.18. The van der Waals surface area contributed by atoms with Crippen molar-refractivity contribution in [2.75, 3.05) is 6.54 Å². The molecule has 0 bridgehead atoms. The van der Waals surface area contributed by atoms with E-state index in [2.05, 4.69) is 18.7 Å². The third-order valence-electron chi connectivity index (χ3n) is 3.90. The molecule has 1 saturated heterocycles. The average molecular weight is 247 g/mol. The molecule has 0 saturated carbocycles. The summed E-state index contributed by atoms with van der Waals surface area (Å²) in [5.41, 5.74) is 1.36. The molecule has 98 valence electrons. The van der Waals surface area contributed by atoms with Crippen molar-refractivity contribution in [3.05, 3.63) is 35.4 Å². The summed E-state index contributed by atoms with van der Waals surface area (Å²) in [4.78, 5) is 13.6. The molecular formula is C15H21NO2. The molecule has 3 heteroatoms. The summed E-state index contributed by atoms with van der Waals surface area (Å²) in [6, 6.07) is 7.85. The van der Waals surface area contributed by atoms with Crippen LogP contribution in [0.5, 0.6) is 0 Å². The lowest BCUT2D eigenvalue weighted by Gasteiger charge is -2.36. The van der Waals surface area contributed by atoms with Crippen molar-refractivity contribution in [2.24, 2.45) is 5.92 Å². The minimum Gasteiger partial charge on any atom is -0.478 e. The van der Waals surface area contributed by atoms with E-state index in [0.717, 1.165) is 24.6 Å².